The van der Waals surface area contributed by atoms with Crippen LogP contribution in [0.25, 0.3) is 10.6 Å². The van der Waals surface area contributed by atoms with E-state index in [1.807, 2.05) is 20.8 Å². The average molecular weight is 339 g/mol. The van der Waals surface area contributed by atoms with Crippen LogP contribution in [0.2, 0.25) is 0 Å². The maximum absolute atomic E-state index is 12.2. The van der Waals surface area contributed by atoms with Gasteiger partial charge in [-0.05, 0) is 20.8 Å². The Bertz CT molecular complexity index is 646. The predicted molar refractivity (Wildman–Crippen MR) is 86.9 cm³/mol. The van der Waals surface area contributed by atoms with E-state index in [9.17, 15) is 4.79 Å². The maximum Gasteiger partial charge on any atom is 0.263 e. The van der Waals surface area contributed by atoms with E-state index in [1.165, 1.54) is 11.3 Å². The lowest BCUT2D eigenvalue weighted by molar-refractivity contribution is 0.0693. The molecule has 0 atom stereocenters. The number of aromatic nitrogens is 2. The van der Waals surface area contributed by atoms with Crippen LogP contribution in [-0.4, -0.2) is 49.5 Å². The van der Waals surface area contributed by atoms with Gasteiger partial charge in [0.1, 0.15) is 15.6 Å². The zero-order chi connectivity index (χ0) is 16.8. The number of aryl methyl sites for hydroxylation is 3. The van der Waals surface area contributed by atoms with Gasteiger partial charge in [0.15, 0.2) is 0 Å². The summed E-state index contributed by atoms with van der Waals surface area (Å²) in [7, 11) is 1.62. The van der Waals surface area contributed by atoms with Crippen LogP contribution in [-0.2, 0) is 9.47 Å². The second kappa shape index (κ2) is 8.19. The molecular weight excluding hydrogens is 318 g/mol. The lowest BCUT2D eigenvalue weighted by atomic mass is 10.2. The number of ether oxygens (including phenoxy) is 2. The number of nitrogens with zero attached hydrogens (tertiary/aromatic N) is 2. The zero-order valence-corrected chi connectivity index (χ0v) is 14.6. The first kappa shape index (κ1) is 17.6. The zero-order valence-electron chi connectivity index (χ0n) is 13.8. The van der Waals surface area contributed by atoms with Gasteiger partial charge >= 0.3 is 0 Å². The predicted octanol–water partition coefficient (Wildman–Crippen LogP) is 2.12. The Morgan fingerprint density at radius 2 is 2.00 bits per heavy atom. The van der Waals surface area contributed by atoms with Crippen molar-refractivity contribution in [2.24, 2.45) is 0 Å². The van der Waals surface area contributed by atoms with E-state index in [0.29, 0.717) is 42.7 Å². The van der Waals surface area contributed by atoms with Gasteiger partial charge in [0, 0.05) is 13.7 Å². The van der Waals surface area contributed by atoms with Crippen LogP contribution in [0.4, 0.5) is 0 Å². The number of rotatable bonds is 8. The fourth-order valence-electron chi connectivity index (χ4n) is 2.06. The van der Waals surface area contributed by atoms with Crippen molar-refractivity contribution in [2.75, 3.05) is 33.5 Å². The normalized spacial score (nSPS) is 11.0. The Kier molecular flexibility index (Phi) is 6.26. The molecule has 8 heteroatoms. The minimum Gasteiger partial charge on any atom is -0.382 e. The molecule has 0 fully saturated rings. The van der Waals surface area contributed by atoms with Crippen LogP contribution >= 0.6 is 11.3 Å². The summed E-state index contributed by atoms with van der Waals surface area (Å²) < 4.78 is 15.4. The Labute approximate surface area is 139 Å². The molecule has 0 spiro atoms. The summed E-state index contributed by atoms with van der Waals surface area (Å²) in [6, 6.07) is 0. The molecule has 0 bridgehead atoms. The third-order valence-electron chi connectivity index (χ3n) is 3.21. The van der Waals surface area contributed by atoms with Crippen molar-refractivity contribution in [3.8, 4) is 10.6 Å². The van der Waals surface area contributed by atoms with E-state index in [2.05, 4.69) is 15.5 Å². The molecule has 2 aromatic rings. The number of carbonyl (C=O) groups excluding carboxylic acids is 1. The summed E-state index contributed by atoms with van der Waals surface area (Å²) in [6.45, 7) is 7.47. The highest BCUT2D eigenvalue weighted by atomic mass is 32.1. The van der Waals surface area contributed by atoms with Gasteiger partial charge in [-0.25, -0.2) is 4.98 Å². The first-order valence-corrected chi connectivity index (χ1v) is 8.11. The first-order valence-electron chi connectivity index (χ1n) is 7.30. The quantitative estimate of drug-likeness (QED) is 0.741. The summed E-state index contributed by atoms with van der Waals surface area (Å²) in [5.74, 6) is 0.558. The van der Waals surface area contributed by atoms with Crippen LogP contribution in [0, 0.1) is 20.8 Å². The molecule has 0 unspecified atom stereocenters. The van der Waals surface area contributed by atoms with Crippen molar-refractivity contribution in [3.05, 3.63) is 22.0 Å². The largest absolute Gasteiger partial charge is 0.382 e. The molecule has 2 aromatic heterocycles. The number of amides is 1. The number of methoxy groups -OCH3 is 1. The first-order chi connectivity index (χ1) is 11.0. The monoisotopic (exact) mass is 339 g/mol. The van der Waals surface area contributed by atoms with Gasteiger partial charge in [0.25, 0.3) is 5.91 Å². The summed E-state index contributed by atoms with van der Waals surface area (Å²) in [4.78, 5) is 17.3. The molecule has 1 amide bonds. The lowest BCUT2D eigenvalue weighted by Gasteiger charge is -2.05. The highest BCUT2D eigenvalue weighted by Crippen LogP contribution is 2.32. The van der Waals surface area contributed by atoms with E-state index in [4.69, 9.17) is 14.0 Å². The number of hydrogen-bond donors (Lipinski definition) is 1. The van der Waals surface area contributed by atoms with E-state index in [0.717, 1.165) is 16.3 Å². The second-order valence-corrected chi connectivity index (χ2v) is 5.99. The molecule has 0 aliphatic heterocycles. The Morgan fingerprint density at radius 1 is 1.22 bits per heavy atom. The maximum atomic E-state index is 12.2. The van der Waals surface area contributed by atoms with Gasteiger partial charge in [-0.2, -0.15) is 0 Å². The van der Waals surface area contributed by atoms with Crippen LogP contribution in [0.1, 0.15) is 26.8 Å². The van der Waals surface area contributed by atoms with Crippen molar-refractivity contribution in [3.63, 3.8) is 0 Å². The number of hydrogen-bond acceptors (Lipinski definition) is 7. The average Bonchev–Trinajstić information content (AvgIpc) is 3.05. The molecule has 2 rings (SSSR count). The third-order valence-corrected chi connectivity index (χ3v) is 4.39. The minimum atomic E-state index is -0.145. The smallest absolute Gasteiger partial charge is 0.263 e. The fraction of sp³-hybridized carbons (Fsp3) is 0.533. The molecule has 2 heterocycles. The van der Waals surface area contributed by atoms with E-state index < -0.39 is 0 Å². The molecule has 0 aliphatic carbocycles. The van der Waals surface area contributed by atoms with Gasteiger partial charge in [-0.1, -0.05) is 5.16 Å². The summed E-state index contributed by atoms with van der Waals surface area (Å²) in [6.07, 6.45) is 0. The molecule has 0 radical (unpaired) electrons. The number of nitrogens with one attached hydrogen (secondary N) is 1. The lowest BCUT2D eigenvalue weighted by Crippen LogP contribution is -2.27. The van der Waals surface area contributed by atoms with Crippen LogP contribution in [0.5, 0.6) is 0 Å². The van der Waals surface area contributed by atoms with E-state index in [-0.39, 0.29) is 5.91 Å². The van der Waals surface area contributed by atoms with Gasteiger partial charge in [-0.15, -0.1) is 11.3 Å². The Balaban J connectivity index is 1.97. The second-order valence-electron chi connectivity index (χ2n) is 4.99. The van der Waals surface area contributed by atoms with Crippen molar-refractivity contribution in [1.82, 2.24) is 15.5 Å². The summed E-state index contributed by atoms with van der Waals surface area (Å²) >= 11 is 1.34. The topological polar surface area (TPSA) is 86.5 Å². The highest BCUT2D eigenvalue weighted by molar-refractivity contribution is 7.17. The minimum absolute atomic E-state index is 0.145. The standard InChI is InChI=1S/C15H21N3O4S/c1-9-12(11(3)22-18-9)15-17-10(2)13(23-15)14(19)16-5-6-21-8-7-20-4/h5-8H2,1-4H3,(H,16,19). The van der Waals surface area contributed by atoms with Crippen LogP contribution in [0.3, 0.4) is 0 Å². The van der Waals surface area contributed by atoms with Crippen LogP contribution < -0.4 is 5.32 Å². The van der Waals surface area contributed by atoms with E-state index in [1.54, 1.807) is 7.11 Å². The molecular formula is C15H21N3O4S. The van der Waals surface area contributed by atoms with E-state index >= 15 is 0 Å². The molecule has 0 aromatic carbocycles. The van der Waals surface area contributed by atoms with Crippen molar-refractivity contribution in [1.29, 1.82) is 0 Å². The van der Waals surface area contributed by atoms with Crippen LogP contribution in [0.15, 0.2) is 4.52 Å². The van der Waals surface area contributed by atoms with Crippen molar-refractivity contribution >= 4 is 17.2 Å². The van der Waals surface area contributed by atoms with Gasteiger partial charge in [-0.3, -0.25) is 4.79 Å². The van der Waals surface area contributed by atoms with Crippen molar-refractivity contribution < 1.29 is 18.8 Å². The molecule has 0 saturated heterocycles. The highest BCUT2D eigenvalue weighted by Gasteiger charge is 2.20. The Hall–Kier alpha value is -1.77. The molecule has 7 nitrogen and oxygen atoms in total. The van der Waals surface area contributed by atoms with Gasteiger partial charge in [0.2, 0.25) is 0 Å². The molecule has 0 aliphatic rings. The molecule has 126 valence electrons. The molecule has 23 heavy (non-hydrogen) atoms. The number of carbonyl (C=O) groups is 1. The van der Waals surface area contributed by atoms with Gasteiger partial charge in [0.05, 0.1) is 36.8 Å². The SMILES string of the molecule is COCCOCCNC(=O)c1sc(-c2c(C)noc2C)nc1C. The molecule has 1 N–H and O–H groups in total. The summed E-state index contributed by atoms with van der Waals surface area (Å²) in [5.41, 5.74) is 2.33. The van der Waals surface area contributed by atoms with Crippen molar-refractivity contribution in [2.45, 2.75) is 20.8 Å². The fourth-order valence-corrected chi connectivity index (χ4v) is 3.19. The number of thiazole rings is 1. The summed E-state index contributed by atoms with van der Waals surface area (Å²) in [5, 5.41) is 7.51. The third kappa shape index (κ3) is 4.37. The van der Waals surface area contributed by atoms with Gasteiger partial charge < -0.3 is 19.3 Å². The Morgan fingerprint density at radius 3 is 2.65 bits per heavy atom. The molecule has 0 saturated carbocycles.